The van der Waals surface area contributed by atoms with Crippen molar-refractivity contribution in [3.05, 3.63) is 39.3 Å². The summed E-state index contributed by atoms with van der Waals surface area (Å²) in [6.45, 7) is 0. The van der Waals surface area contributed by atoms with Crippen LogP contribution in [-0.2, 0) is 0 Å². The Morgan fingerprint density at radius 3 is 2.79 bits per heavy atom. The predicted octanol–water partition coefficient (Wildman–Crippen LogP) is 3.24. The highest BCUT2D eigenvalue weighted by atomic mass is 35.5. The Morgan fingerprint density at radius 1 is 1.36 bits per heavy atom. The fraction of sp³-hybridized carbons (Fsp3) is 0. The van der Waals surface area contributed by atoms with Crippen molar-refractivity contribution in [1.29, 1.82) is 0 Å². The number of hydrogen-bond donors (Lipinski definition) is 1. The summed E-state index contributed by atoms with van der Waals surface area (Å²) in [4.78, 5) is 3.88. The molecule has 0 amide bonds. The van der Waals surface area contributed by atoms with Crippen LogP contribution in [0.1, 0.15) is 0 Å². The first-order valence-electron chi connectivity index (χ1n) is 3.76. The summed E-state index contributed by atoms with van der Waals surface area (Å²) in [6, 6.07) is 5.17. The molecule has 0 unspecified atom stereocenters. The molecule has 0 atom stereocenters. The van der Waals surface area contributed by atoms with Crippen molar-refractivity contribution in [3.8, 4) is 5.69 Å². The van der Waals surface area contributed by atoms with Gasteiger partial charge in [-0.05, 0) is 30.4 Å². The predicted molar refractivity (Wildman–Crippen MR) is 58.8 cm³/mol. The van der Waals surface area contributed by atoms with Crippen LogP contribution in [0, 0.1) is 4.77 Å². The third kappa shape index (κ3) is 1.82. The SMILES string of the molecule is S=c1ncn(-c2cc(Cl)ccc2Cl)[nH]1. The van der Waals surface area contributed by atoms with E-state index in [1.54, 1.807) is 29.2 Å². The number of nitrogens with zero attached hydrogens (tertiary/aromatic N) is 2. The Balaban J connectivity index is 2.61. The van der Waals surface area contributed by atoms with E-state index in [-0.39, 0.29) is 0 Å². The Hall–Kier alpha value is -0.840. The molecule has 2 aromatic rings. The van der Waals surface area contributed by atoms with Gasteiger partial charge < -0.3 is 0 Å². The normalized spacial score (nSPS) is 10.4. The topological polar surface area (TPSA) is 33.6 Å². The molecule has 0 aliphatic rings. The standard InChI is InChI=1S/C8H5Cl2N3S/c9-5-1-2-6(10)7(3-5)13-4-11-8(14)12-13/h1-4H,(H,12,14). The number of aromatic nitrogens is 3. The Labute approximate surface area is 95.3 Å². The second kappa shape index (κ2) is 3.73. The summed E-state index contributed by atoms with van der Waals surface area (Å²) in [5.41, 5.74) is 0.725. The molecule has 0 saturated carbocycles. The highest BCUT2D eigenvalue weighted by molar-refractivity contribution is 7.71. The highest BCUT2D eigenvalue weighted by Gasteiger charge is 2.03. The van der Waals surface area contributed by atoms with E-state index in [0.717, 1.165) is 5.69 Å². The molecule has 1 heterocycles. The van der Waals surface area contributed by atoms with Crippen LogP contribution in [0.15, 0.2) is 24.5 Å². The van der Waals surface area contributed by atoms with Crippen LogP contribution in [-0.4, -0.2) is 14.8 Å². The molecule has 3 nitrogen and oxygen atoms in total. The van der Waals surface area contributed by atoms with E-state index >= 15 is 0 Å². The maximum absolute atomic E-state index is 5.98. The van der Waals surface area contributed by atoms with E-state index < -0.39 is 0 Å². The van der Waals surface area contributed by atoms with Gasteiger partial charge in [-0.25, -0.2) is 9.67 Å². The quantitative estimate of drug-likeness (QED) is 0.783. The van der Waals surface area contributed by atoms with Gasteiger partial charge in [0.2, 0.25) is 4.77 Å². The largest absolute Gasteiger partial charge is 0.267 e. The minimum absolute atomic E-state index is 0.404. The number of nitrogens with one attached hydrogen (secondary N) is 1. The summed E-state index contributed by atoms with van der Waals surface area (Å²) in [5.74, 6) is 0. The van der Waals surface area contributed by atoms with E-state index in [1.165, 1.54) is 0 Å². The van der Waals surface area contributed by atoms with E-state index in [1.807, 2.05) is 0 Å². The van der Waals surface area contributed by atoms with Crippen molar-refractivity contribution in [1.82, 2.24) is 14.8 Å². The van der Waals surface area contributed by atoms with Gasteiger partial charge in [-0.2, -0.15) is 0 Å². The number of rotatable bonds is 1. The molecule has 0 spiro atoms. The Bertz CT molecular complexity index is 517. The van der Waals surface area contributed by atoms with Crippen molar-refractivity contribution in [2.75, 3.05) is 0 Å². The molecule has 0 aliphatic carbocycles. The van der Waals surface area contributed by atoms with Crippen molar-refractivity contribution >= 4 is 35.4 Å². The molecule has 1 N–H and O–H groups in total. The van der Waals surface area contributed by atoms with Gasteiger partial charge in [0.15, 0.2) is 0 Å². The first-order valence-corrected chi connectivity index (χ1v) is 4.92. The molecule has 0 radical (unpaired) electrons. The van der Waals surface area contributed by atoms with Gasteiger partial charge in [0.25, 0.3) is 0 Å². The number of halogens is 2. The Kier molecular flexibility index (Phi) is 2.58. The molecule has 0 fully saturated rings. The zero-order chi connectivity index (χ0) is 10.1. The molecule has 1 aromatic carbocycles. The van der Waals surface area contributed by atoms with Gasteiger partial charge in [-0.3, -0.25) is 5.10 Å². The minimum atomic E-state index is 0.404. The van der Waals surface area contributed by atoms with Gasteiger partial charge >= 0.3 is 0 Å². The van der Waals surface area contributed by atoms with Crippen molar-refractivity contribution < 1.29 is 0 Å². The maximum atomic E-state index is 5.98. The second-order valence-electron chi connectivity index (χ2n) is 2.63. The van der Waals surface area contributed by atoms with Crippen LogP contribution in [0.2, 0.25) is 10.0 Å². The molecule has 6 heteroatoms. The molecule has 2 rings (SSSR count). The maximum Gasteiger partial charge on any atom is 0.213 e. The average Bonchev–Trinajstić information content (AvgIpc) is 2.56. The fourth-order valence-corrected chi connectivity index (χ4v) is 1.58. The summed E-state index contributed by atoms with van der Waals surface area (Å²) in [6.07, 6.45) is 1.56. The first kappa shape index (κ1) is 9.71. The van der Waals surface area contributed by atoms with E-state index in [9.17, 15) is 0 Å². The van der Waals surface area contributed by atoms with E-state index in [4.69, 9.17) is 35.4 Å². The van der Waals surface area contributed by atoms with Crippen LogP contribution >= 0.6 is 35.4 Å². The van der Waals surface area contributed by atoms with Gasteiger partial charge in [0.05, 0.1) is 10.7 Å². The molecule has 0 aliphatic heterocycles. The molecule has 0 bridgehead atoms. The lowest BCUT2D eigenvalue weighted by atomic mass is 10.3. The zero-order valence-electron chi connectivity index (χ0n) is 6.87. The Morgan fingerprint density at radius 2 is 2.14 bits per heavy atom. The van der Waals surface area contributed by atoms with Crippen molar-refractivity contribution in [2.45, 2.75) is 0 Å². The van der Waals surface area contributed by atoms with Crippen LogP contribution in [0.4, 0.5) is 0 Å². The summed E-state index contributed by atoms with van der Waals surface area (Å²) < 4.78 is 2.03. The van der Waals surface area contributed by atoms with Gasteiger partial charge in [-0.15, -0.1) is 0 Å². The van der Waals surface area contributed by atoms with Gasteiger partial charge in [-0.1, -0.05) is 23.2 Å². The van der Waals surface area contributed by atoms with Crippen LogP contribution in [0.25, 0.3) is 5.69 Å². The lowest BCUT2D eigenvalue weighted by Gasteiger charge is -2.04. The number of H-pyrrole nitrogens is 1. The lowest BCUT2D eigenvalue weighted by Crippen LogP contribution is -1.95. The van der Waals surface area contributed by atoms with Gasteiger partial charge in [0.1, 0.15) is 6.33 Å². The highest BCUT2D eigenvalue weighted by Crippen LogP contribution is 2.23. The molecular formula is C8H5Cl2N3S. The number of aromatic amines is 1. The first-order chi connectivity index (χ1) is 6.66. The third-order valence-electron chi connectivity index (χ3n) is 1.67. The summed E-state index contributed by atoms with van der Waals surface area (Å²) in [7, 11) is 0. The van der Waals surface area contributed by atoms with Crippen molar-refractivity contribution in [3.63, 3.8) is 0 Å². The molecule has 0 saturated heterocycles. The number of benzene rings is 1. The van der Waals surface area contributed by atoms with Crippen LogP contribution in [0.3, 0.4) is 0 Å². The van der Waals surface area contributed by atoms with E-state index in [0.29, 0.717) is 14.8 Å². The van der Waals surface area contributed by atoms with Crippen LogP contribution in [0.5, 0.6) is 0 Å². The summed E-state index contributed by atoms with van der Waals surface area (Å²) >= 11 is 16.7. The minimum Gasteiger partial charge on any atom is -0.267 e. The second-order valence-corrected chi connectivity index (χ2v) is 3.86. The molecular weight excluding hydrogens is 241 g/mol. The van der Waals surface area contributed by atoms with Crippen LogP contribution < -0.4 is 0 Å². The monoisotopic (exact) mass is 245 g/mol. The van der Waals surface area contributed by atoms with Gasteiger partial charge in [0, 0.05) is 5.02 Å². The average molecular weight is 246 g/mol. The zero-order valence-corrected chi connectivity index (χ0v) is 9.20. The summed E-state index contributed by atoms with van der Waals surface area (Å²) in [5, 5.41) is 4.03. The molecule has 72 valence electrons. The van der Waals surface area contributed by atoms with Crippen molar-refractivity contribution in [2.24, 2.45) is 0 Å². The molecule has 14 heavy (non-hydrogen) atoms. The fourth-order valence-electron chi connectivity index (χ4n) is 1.06. The lowest BCUT2D eigenvalue weighted by molar-refractivity contribution is 0.874. The third-order valence-corrected chi connectivity index (χ3v) is 2.43. The van der Waals surface area contributed by atoms with E-state index in [2.05, 4.69) is 10.1 Å². The number of hydrogen-bond acceptors (Lipinski definition) is 2. The molecule has 1 aromatic heterocycles. The smallest absolute Gasteiger partial charge is 0.213 e.